The van der Waals surface area contributed by atoms with E-state index in [0.29, 0.717) is 12.6 Å². The summed E-state index contributed by atoms with van der Waals surface area (Å²) < 4.78 is 0. The van der Waals surface area contributed by atoms with Crippen LogP contribution >= 0.6 is 0 Å². The van der Waals surface area contributed by atoms with Gasteiger partial charge in [0.2, 0.25) is 5.91 Å². The van der Waals surface area contributed by atoms with Crippen molar-refractivity contribution >= 4 is 5.91 Å². The van der Waals surface area contributed by atoms with Gasteiger partial charge in [0.05, 0.1) is 5.41 Å². The number of rotatable bonds is 3. The highest BCUT2D eigenvalue weighted by Crippen LogP contribution is 2.29. The van der Waals surface area contributed by atoms with Gasteiger partial charge in [0.25, 0.3) is 0 Å². The zero-order valence-corrected chi connectivity index (χ0v) is 11.1. The number of carbonyl (C=O) groups is 1. The lowest BCUT2D eigenvalue weighted by atomic mass is 9.84. The van der Waals surface area contributed by atoms with E-state index in [1.807, 2.05) is 25.8 Å². The Kier molecular flexibility index (Phi) is 4.36. The normalized spacial score (nSPS) is 26.6. The smallest absolute Gasteiger partial charge is 0.229 e. The quantitative estimate of drug-likeness (QED) is 0.800. The van der Waals surface area contributed by atoms with Crippen molar-refractivity contribution in [3.63, 3.8) is 0 Å². The van der Waals surface area contributed by atoms with Crippen LogP contribution in [0.5, 0.6) is 0 Å². The fourth-order valence-corrected chi connectivity index (χ4v) is 2.48. The first-order valence-corrected chi connectivity index (χ1v) is 6.36. The maximum Gasteiger partial charge on any atom is 0.229 e. The molecule has 2 unspecified atom stereocenters. The van der Waals surface area contributed by atoms with Gasteiger partial charge in [-0.3, -0.25) is 4.79 Å². The predicted octanol–water partition coefficient (Wildman–Crippen LogP) is 2.01. The summed E-state index contributed by atoms with van der Waals surface area (Å²) in [4.78, 5) is 14.2. The van der Waals surface area contributed by atoms with Crippen LogP contribution in [0.2, 0.25) is 0 Å². The first kappa shape index (κ1) is 13.5. The highest BCUT2D eigenvalue weighted by Gasteiger charge is 2.33. The van der Waals surface area contributed by atoms with Gasteiger partial charge in [-0.15, -0.1) is 0 Å². The van der Waals surface area contributed by atoms with E-state index in [-0.39, 0.29) is 5.91 Å². The van der Waals surface area contributed by atoms with Crippen LogP contribution in [0.3, 0.4) is 0 Å². The minimum Gasteiger partial charge on any atom is -0.342 e. The molecule has 0 saturated heterocycles. The number of nitrogens with two attached hydrogens (primary N) is 1. The van der Waals surface area contributed by atoms with Crippen LogP contribution in [-0.2, 0) is 4.79 Å². The minimum absolute atomic E-state index is 0.189. The largest absolute Gasteiger partial charge is 0.342 e. The molecule has 1 saturated carbocycles. The van der Waals surface area contributed by atoms with E-state index < -0.39 is 5.41 Å². The number of nitrogens with zero attached hydrogens (tertiary/aromatic N) is 1. The predicted molar refractivity (Wildman–Crippen MR) is 67.0 cm³/mol. The molecule has 1 fully saturated rings. The van der Waals surface area contributed by atoms with Crippen LogP contribution in [0.15, 0.2) is 0 Å². The second kappa shape index (κ2) is 5.17. The average Bonchev–Trinajstić information content (AvgIpc) is 2.27. The Morgan fingerprint density at radius 2 is 2.06 bits per heavy atom. The third-order valence-corrected chi connectivity index (χ3v) is 3.87. The first-order chi connectivity index (χ1) is 7.38. The molecule has 3 heteroatoms. The van der Waals surface area contributed by atoms with Gasteiger partial charge in [-0.05, 0) is 32.6 Å². The molecule has 0 radical (unpaired) electrons. The lowest BCUT2D eigenvalue weighted by molar-refractivity contribution is -0.141. The van der Waals surface area contributed by atoms with E-state index in [9.17, 15) is 4.79 Å². The zero-order valence-electron chi connectivity index (χ0n) is 11.1. The lowest BCUT2D eigenvalue weighted by Gasteiger charge is -2.38. The van der Waals surface area contributed by atoms with Gasteiger partial charge in [-0.1, -0.05) is 19.8 Å². The van der Waals surface area contributed by atoms with Crippen molar-refractivity contribution in [3.8, 4) is 0 Å². The summed E-state index contributed by atoms with van der Waals surface area (Å²) in [5.74, 6) is 0.934. The van der Waals surface area contributed by atoms with Crippen LogP contribution in [-0.4, -0.2) is 30.4 Å². The average molecular weight is 226 g/mol. The van der Waals surface area contributed by atoms with Crippen molar-refractivity contribution in [3.05, 3.63) is 0 Å². The van der Waals surface area contributed by atoms with E-state index in [4.69, 9.17) is 5.73 Å². The molecule has 0 heterocycles. The highest BCUT2D eigenvalue weighted by molar-refractivity contribution is 5.82. The van der Waals surface area contributed by atoms with Crippen molar-refractivity contribution in [2.24, 2.45) is 17.1 Å². The third-order valence-electron chi connectivity index (χ3n) is 3.87. The molecule has 2 atom stereocenters. The molecule has 94 valence electrons. The Hall–Kier alpha value is -0.570. The molecule has 2 N–H and O–H groups in total. The standard InChI is InChI=1S/C13H26N2O/c1-10-6-5-7-11(8-10)15(4)12(16)13(2,3)9-14/h10-11H,5-9,14H2,1-4H3. The van der Waals surface area contributed by atoms with Gasteiger partial charge in [-0.25, -0.2) is 0 Å². The van der Waals surface area contributed by atoms with Crippen molar-refractivity contribution in [2.75, 3.05) is 13.6 Å². The van der Waals surface area contributed by atoms with Crippen molar-refractivity contribution in [1.29, 1.82) is 0 Å². The number of hydrogen-bond donors (Lipinski definition) is 1. The fraction of sp³-hybridized carbons (Fsp3) is 0.923. The molecule has 0 bridgehead atoms. The summed E-state index contributed by atoms with van der Waals surface area (Å²) in [6.07, 6.45) is 4.83. The number of hydrogen-bond acceptors (Lipinski definition) is 2. The molecular weight excluding hydrogens is 200 g/mol. The molecule has 1 rings (SSSR count). The van der Waals surface area contributed by atoms with E-state index >= 15 is 0 Å². The molecule has 16 heavy (non-hydrogen) atoms. The molecule has 1 aliphatic carbocycles. The second-order valence-electron chi connectivity index (χ2n) is 5.93. The van der Waals surface area contributed by atoms with Gasteiger partial charge < -0.3 is 10.6 Å². The molecule has 0 aromatic heterocycles. The summed E-state index contributed by atoms with van der Waals surface area (Å²) in [7, 11) is 1.93. The molecule has 0 aliphatic heterocycles. The summed E-state index contributed by atoms with van der Waals surface area (Å²) in [5.41, 5.74) is 5.23. The fourth-order valence-electron chi connectivity index (χ4n) is 2.48. The van der Waals surface area contributed by atoms with E-state index in [0.717, 1.165) is 18.8 Å². The summed E-state index contributed by atoms with van der Waals surface area (Å²) in [6.45, 7) is 6.55. The number of carbonyl (C=O) groups excluding carboxylic acids is 1. The summed E-state index contributed by atoms with van der Waals surface area (Å²) in [6, 6.07) is 0.419. The van der Waals surface area contributed by atoms with E-state index in [1.165, 1.54) is 12.8 Å². The Morgan fingerprint density at radius 3 is 2.56 bits per heavy atom. The lowest BCUT2D eigenvalue weighted by Crippen LogP contribution is -2.48. The SMILES string of the molecule is CC1CCCC(N(C)C(=O)C(C)(C)CN)C1. The van der Waals surface area contributed by atoms with Gasteiger partial charge in [-0.2, -0.15) is 0 Å². The molecular formula is C13H26N2O. The second-order valence-corrected chi connectivity index (χ2v) is 5.93. The minimum atomic E-state index is -0.421. The van der Waals surface area contributed by atoms with Crippen LogP contribution in [0.25, 0.3) is 0 Å². The molecule has 0 aromatic rings. The Morgan fingerprint density at radius 1 is 1.44 bits per heavy atom. The number of amides is 1. The maximum absolute atomic E-state index is 12.2. The molecule has 1 aliphatic rings. The Bertz CT molecular complexity index is 250. The monoisotopic (exact) mass is 226 g/mol. The maximum atomic E-state index is 12.2. The summed E-state index contributed by atoms with van der Waals surface area (Å²) >= 11 is 0. The zero-order chi connectivity index (χ0) is 12.3. The van der Waals surface area contributed by atoms with Crippen LogP contribution < -0.4 is 5.73 Å². The van der Waals surface area contributed by atoms with Crippen molar-refractivity contribution in [2.45, 2.75) is 52.5 Å². The Balaban J connectivity index is 2.63. The van der Waals surface area contributed by atoms with E-state index in [1.54, 1.807) is 0 Å². The molecule has 0 spiro atoms. The third kappa shape index (κ3) is 2.97. The Labute approximate surface area is 99.4 Å². The van der Waals surface area contributed by atoms with Gasteiger partial charge >= 0.3 is 0 Å². The van der Waals surface area contributed by atoms with Crippen molar-refractivity contribution < 1.29 is 4.79 Å². The van der Waals surface area contributed by atoms with Crippen LogP contribution in [0.4, 0.5) is 0 Å². The molecule has 0 aromatic carbocycles. The molecule has 1 amide bonds. The topological polar surface area (TPSA) is 46.3 Å². The van der Waals surface area contributed by atoms with Crippen LogP contribution in [0, 0.1) is 11.3 Å². The van der Waals surface area contributed by atoms with Crippen molar-refractivity contribution in [1.82, 2.24) is 4.90 Å². The van der Waals surface area contributed by atoms with Crippen LogP contribution in [0.1, 0.15) is 46.5 Å². The molecule has 3 nitrogen and oxygen atoms in total. The first-order valence-electron chi connectivity index (χ1n) is 6.36. The van der Waals surface area contributed by atoms with Gasteiger partial charge in [0.15, 0.2) is 0 Å². The highest BCUT2D eigenvalue weighted by atomic mass is 16.2. The van der Waals surface area contributed by atoms with E-state index in [2.05, 4.69) is 6.92 Å². The van der Waals surface area contributed by atoms with Gasteiger partial charge in [0.1, 0.15) is 0 Å². The summed E-state index contributed by atoms with van der Waals surface area (Å²) in [5, 5.41) is 0. The van der Waals surface area contributed by atoms with Gasteiger partial charge in [0, 0.05) is 19.6 Å².